The normalized spacial score (nSPS) is 19.5. The van der Waals surface area contributed by atoms with Gasteiger partial charge in [-0.25, -0.2) is 9.18 Å². The Bertz CT molecular complexity index is 984. The molecule has 0 saturated carbocycles. The lowest BCUT2D eigenvalue weighted by Crippen LogP contribution is -2.47. The van der Waals surface area contributed by atoms with E-state index in [1.807, 2.05) is 17.0 Å². The summed E-state index contributed by atoms with van der Waals surface area (Å²) in [5.41, 5.74) is 2.39. The van der Waals surface area contributed by atoms with Crippen LogP contribution < -0.4 is 0 Å². The summed E-state index contributed by atoms with van der Waals surface area (Å²) < 4.78 is 18.0. The van der Waals surface area contributed by atoms with Crippen LogP contribution >= 0.6 is 23.2 Å². The molecule has 0 N–H and O–H groups in total. The third-order valence-corrected chi connectivity index (χ3v) is 7.13. The number of hydrogen-bond donors (Lipinski definition) is 0. The summed E-state index contributed by atoms with van der Waals surface area (Å²) in [7, 11) is 1.38. The van der Waals surface area contributed by atoms with Gasteiger partial charge >= 0.3 is 6.09 Å². The molecule has 2 heterocycles. The van der Waals surface area contributed by atoms with Crippen LogP contribution in [-0.4, -0.2) is 54.6 Å². The second-order valence-electron chi connectivity index (χ2n) is 8.33. The van der Waals surface area contributed by atoms with Gasteiger partial charge in [0.2, 0.25) is 5.91 Å². The monoisotopic (exact) mass is 478 g/mol. The highest BCUT2D eigenvalue weighted by Gasteiger charge is 2.38. The Labute approximate surface area is 197 Å². The van der Waals surface area contributed by atoms with Gasteiger partial charge in [-0.2, -0.15) is 0 Å². The van der Waals surface area contributed by atoms with Crippen LogP contribution in [0, 0.1) is 11.7 Å². The van der Waals surface area contributed by atoms with E-state index in [1.54, 1.807) is 17.0 Å². The van der Waals surface area contributed by atoms with Gasteiger partial charge in [-0.15, -0.1) is 0 Å². The van der Waals surface area contributed by atoms with E-state index in [9.17, 15) is 14.0 Å². The lowest BCUT2D eigenvalue weighted by atomic mass is 9.95. The predicted molar refractivity (Wildman–Crippen MR) is 122 cm³/mol. The second kappa shape index (κ2) is 9.67. The third-order valence-electron chi connectivity index (χ3n) is 6.46. The Morgan fingerprint density at radius 1 is 1.03 bits per heavy atom. The second-order valence-corrected chi connectivity index (χ2v) is 9.15. The van der Waals surface area contributed by atoms with Crippen LogP contribution in [0.25, 0.3) is 11.1 Å². The molecule has 8 heteroatoms. The van der Waals surface area contributed by atoms with E-state index >= 15 is 0 Å². The van der Waals surface area contributed by atoms with Gasteiger partial charge in [0.25, 0.3) is 0 Å². The van der Waals surface area contributed by atoms with Crippen molar-refractivity contribution in [1.82, 2.24) is 9.80 Å². The Kier molecular flexibility index (Phi) is 6.91. The first-order valence-electron chi connectivity index (χ1n) is 10.7. The zero-order chi connectivity index (χ0) is 22.8. The summed E-state index contributed by atoms with van der Waals surface area (Å²) >= 11 is 13.1. The van der Waals surface area contributed by atoms with Crippen LogP contribution in [0.15, 0.2) is 36.4 Å². The number of carbonyl (C=O) groups is 2. The van der Waals surface area contributed by atoms with Gasteiger partial charge in [0.05, 0.1) is 7.11 Å². The molecule has 0 aromatic heterocycles. The molecular formula is C24H25Cl2FN2O3. The van der Waals surface area contributed by atoms with E-state index in [0.717, 1.165) is 36.0 Å². The number of piperidine rings is 1. The number of methoxy groups -OCH3 is 1. The van der Waals surface area contributed by atoms with E-state index in [1.165, 1.54) is 19.2 Å². The molecule has 0 aliphatic carbocycles. The van der Waals surface area contributed by atoms with E-state index in [4.69, 9.17) is 27.9 Å². The Morgan fingerprint density at radius 3 is 2.25 bits per heavy atom. The zero-order valence-corrected chi connectivity index (χ0v) is 19.3. The molecule has 2 fully saturated rings. The number of amides is 2. The van der Waals surface area contributed by atoms with Gasteiger partial charge in [0.15, 0.2) is 0 Å². The molecule has 2 saturated heterocycles. The maximum atomic E-state index is 13.2. The van der Waals surface area contributed by atoms with Crippen LogP contribution in [-0.2, 0) is 16.0 Å². The van der Waals surface area contributed by atoms with Crippen molar-refractivity contribution in [1.29, 1.82) is 0 Å². The van der Waals surface area contributed by atoms with Gasteiger partial charge in [-0.3, -0.25) is 4.79 Å². The van der Waals surface area contributed by atoms with E-state index in [2.05, 4.69) is 0 Å². The predicted octanol–water partition coefficient (Wildman–Crippen LogP) is 5.42. The van der Waals surface area contributed by atoms with Gasteiger partial charge < -0.3 is 14.5 Å². The number of ether oxygens (including phenoxy) is 1. The molecule has 5 nitrogen and oxygen atoms in total. The number of halogens is 3. The first-order valence-corrected chi connectivity index (χ1v) is 11.5. The first kappa shape index (κ1) is 22.9. The van der Waals surface area contributed by atoms with Gasteiger partial charge in [0, 0.05) is 41.6 Å². The van der Waals surface area contributed by atoms with Crippen molar-refractivity contribution in [3.05, 3.63) is 57.8 Å². The molecule has 32 heavy (non-hydrogen) atoms. The molecule has 2 aromatic rings. The molecule has 170 valence electrons. The van der Waals surface area contributed by atoms with Crippen LogP contribution in [0.1, 0.15) is 24.8 Å². The lowest BCUT2D eigenvalue weighted by molar-refractivity contribution is -0.133. The molecule has 2 aliphatic rings. The first-order chi connectivity index (χ1) is 15.4. The van der Waals surface area contributed by atoms with Crippen molar-refractivity contribution in [2.75, 3.05) is 26.7 Å². The molecule has 2 aliphatic heterocycles. The fourth-order valence-corrected chi connectivity index (χ4v) is 5.30. The number of carbonyl (C=O) groups excluding carboxylic acids is 2. The zero-order valence-electron chi connectivity index (χ0n) is 17.8. The number of benzene rings is 2. The summed E-state index contributed by atoms with van der Waals surface area (Å²) in [4.78, 5) is 28.4. The topological polar surface area (TPSA) is 49.9 Å². The Hall–Kier alpha value is -2.31. The quantitative estimate of drug-likeness (QED) is 0.589. The van der Waals surface area contributed by atoms with E-state index < -0.39 is 0 Å². The minimum absolute atomic E-state index is 0.122. The Balaban J connectivity index is 1.42. The molecule has 0 bridgehead atoms. The van der Waals surface area contributed by atoms with Crippen molar-refractivity contribution >= 4 is 35.2 Å². The molecule has 4 rings (SSSR count). The minimum atomic E-state index is -0.317. The molecule has 1 unspecified atom stereocenters. The molecule has 2 amide bonds. The SMILES string of the molecule is COC(=O)N1CCC(N2CCC(Cc3c(Cl)cc(-c4ccc(F)cc4)cc3Cl)C2=O)CC1. The number of rotatable bonds is 4. The minimum Gasteiger partial charge on any atom is -0.453 e. The van der Waals surface area contributed by atoms with Crippen molar-refractivity contribution in [3.63, 3.8) is 0 Å². The Morgan fingerprint density at radius 2 is 1.66 bits per heavy atom. The van der Waals surface area contributed by atoms with Crippen LogP contribution in [0.2, 0.25) is 10.0 Å². The van der Waals surface area contributed by atoms with Gasteiger partial charge in [0.1, 0.15) is 5.82 Å². The van der Waals surface area contributed by atoms with Gasteiger partial charge in [-0.1, -0.05) is 35.3 Å². The molecular weight excluding hydrogens is 454 g/mol. The average Bonchev–Trinajstić information content (AvgIpc) is 3.16. The summed E-state index contributed by atoms with van der Waals surface area (Å²) in [6, 6.07) is 9.92. The number of likely N-dealkylation sites (tertiary alicyclic amines) is 2. The highest BCUT2D eigenvalue weighted by atomic mass is 35.5. The summed E-state index contributed by atoms with van der Waals surface area (Å²) in [6.45, 7) is 1.89. The molecule has 1 atom stereocenters. The van der Waals surface area contributed by atoms with Gasteiger partial charge in [-0.05, 0) is 66.6 Å². The third kappa shape index (κ3) is 4.71. The fourth-order valence-electron chi connectivity index (χ4n) is 4.66. The summed E-state index contributed by atoms with van der Waals surface area (Å²) in [6.07, 6.45) is 2.42. The highest BCUT2D eigenvalue weighted by molar-refractivity contribution is 6.36. The number of nitrogens with zero attached hydrogens (tertiary/aromatic N) is 2. The standard InChI is InChI=1S/C24H25Cl2FN2O3/c1-32-24(31)28-9-7-19(8-10-28)29-11-6-16(23(29)30)12-20-21(25)13-17(14-22(20)26)15-2-4-18(27)5-3-15/h2-5,13-14,16,19H,6-12H2,1H3. The van der Waals surface area contributed by atoms with Crippen molar-refractivity contribution in [2.24, 2.45) is 5.92 Å². The molecule has 0 spiro atoms. The highest BCUT2D eigenvalue weighted by Crippen LogP contribution is 2.36. The lowest BCUT2D eigenvalue weighted by Gasteiger charge is -2.36. The maximum Gasteiger partial charge on any atom is 0.409 e. The van der Waals surface area contributed by atoms with E-state index in [-0.39, 0.29) is 29.8 Å². The maximum absolute atomic E-state index is 13.2. The summed E-state index contributed by atoms with van der Waals surface area (Å²) in [5, 5.41) is 1.02. The fraction of sp³-hybridized carbons (Fsp3) is 0.417. The number of hydrogen-bond acceptors (Lipinski definition) is 3. The summed E-state index contributed by atoms with van der Waals surface area (Å²) in [5.74, 6) is -0.348. The smallest absolute Gasteiger partial charge is 0.409 e. The van der Waals surface area contributed by atoms with Crippen LogP contribution in [0.4, 0.5) is 9.18 Å². The molecule has 2 aromatic carbocycles. The van der Waals surface area contributed by atoms with Crippen LogP contribution in [0.5, 0.6) is 0 Å². The largest absolute Gasteiger partial charge is 0.453 e. The van der Waals surface area contributed by atoms with Crippen molar-refractivity contribution in [2.45, 2.75) is 31.7 Å². The van der Waals surface area contributed by atoms with Crippen molar-refractivity contribution in [3.8, 4) is 11.1 Å². The van der Waals surface area contributed by atoms with Crippen molar-refractivity contribution < 1.29 is 18.7 Å². The van der Waals surface area contributed by atoms with E-state index in [0.29, 0.717) is 36.1 Å². The molecule has 0 radical (unpaired) electrons. The average molecular weight is 479 g/mol. The van der Waals surface area contributed by atoms with Crippen LogP contribution in [0.3, 0.4) is 0 Å².